The highest BCUT2D eigenvalue weighted by Gasteiger charge is 2.09. The molecule has 1 aromatic heterocycles. The summed E-state index contributed by atoms with van der Waals surface area (Å²) in [6, 6.07) is 12.9. The Morgan fingerprint density at radius 2 is 1.95 bits per heavy atom. The van der Waals surface area contributed by atoms with Gasteiger partial charge in [-0.2, -0.15) is 0 Å². The number of rotatable bonds is 3. The van der Waals surface area contributed by atoms with Gasteiger partial charge in [0.1, 0.15) is 5.52 Å². The largest absolute Gasteiger partial charge is 0.481 e. The Kier molecular flexibility index (Phi) is 3.28. The number of hydrogen-bond donors (Lipinski definition) is 1. The van der Waals surface area contributed by atoms with E-state index in [1.165, 1.54) is 0 Å². The molecule has 2 aromatic carbocycles. The number of hydrogen-bond acceptors (Lipinski definition) is 3. The van der Waals surface area contributed by atoms with Crippen molar-refractivity contribution in [3.8, 4) is 11.5 Å². The van der Waals surface area contributed by atoms with Gasteiger partial charge >= 0.3 is 5.97 Å². The fraction of sp³-hybridized carbons (Fsp3) is 0.0667. The van der Waals surface area contributed by atoms with Crippen LogP contribution in [0.4, 0.5) is 0 Å². The van der Waals surface area contributed by atoms with E-state index in [4.69, 9.17) is 9.52 Å². The predicted molar refractivity (Wildman–Crippen MR) is 78.5 cm³/mol. The van der Waals surface area contributed by atoms with Gasteiger partial charge in [-0.15, -0.1) is 0 Å². The standard InChI is InChI=1S/C15H10BrNO3/c16-11-4-2-10(3-5-11)15-17-12-7-9(8-14(18)19)1-6-13(12)20-15/h1-7H,8H2,(H,18,19). The van der Waals surface area contributed by atoms with Crippen molar-refractivity contribution in [1.82, 2.24) is 4.98 Å². The monoisotopic (exact) mass is 331 g/mol. The first-order chi connectivity index (χ1) is 9.61. The van der Waals surface area contributed by atoms with E-state index in [1.54, 1.807) is 18.2 Å². The average molecular weight is 332 g/mol. The molecule has 0 saturated carbocycles. The predicted octanol–water partition coefficient (Wildman–Crippen LogP) is 3.88. The van der Waals surface area contributed by atoms with Gasteiger partial charge in [0, 0.05) is 10.0 Å². The van der Waals surface area contributed by atoms with Crippen LogP contribution in [0.5, 0.6) is 0 Å². The summed E-state index contributed by atoms with van der Waals surface area (Å²) < 4.78 is 6.67. The van der Waals surface area contributed by atoms with Gasteiger partial charge in [-0.05, 0) is 42.0 Å². The van der Waals surface area contributed by atoms with Gasteiger partial charge in [-0.3, -0.25) is 4.79 Å². The molecule has 0 saturated heterocycles. The third-order valence-corrected chi connectivity index (χ3v) is 3.43. The van der Waals surface area contributed by atoms with Crippen molar-refractivity contribution >= 4 is 33.0 Å². The second kappa shape index (κ2) is 5.09. The number of carbonyl (C=O) groups is 1. The zero-order valence-electron chi connectivity index (χ0n) is 10.3. The van der Waals surface area contributed by atoms with Crippen molar-refractivity contribution in [3.05, 3.63) is 52.5 Å². The lowest BCUT2D eigenvalue weighted by atomic mass is 10.1. The summed E-state index contributed by atoms with van der Waals surface area (Å²) in [6.45, 7) is 0. The first-order valence-electron chi connectivity index (χ1n) is 5.99. The highest BCUT2D eigenvalue weighted by atomic mass is 79.9. The Morgan fingerprint density at radius 1 is 1.20 bits per heavy atom. The number of aliphatic carboxylic acids is 1. The van der Waals surface area contributed by atoms with Crippen LogP contribution in [0, 0.1) is 0 Å². The SMILES string of the molecule is O=C(O)Cc1ccc2oc(-c3ccc(Br)cc3)nc2c1. The number of carboxylic acid groups (broad SMARTS) is 1. The van der Waals surface area contributed by atoms with Crippen LogP contribution < -0.4 is 0 Å². The normalized spacial score (nSPS) is 10.8. The van der Waals surface area contributed by atoms with E-state index in [0.717, 1.165) is 10.0 Å². The summed E-state index contributed by atoms with van der Waals surface area (Å²) in [4.78, 5) is 15.1. The van der Waals surface area contributed by atoms with E-state index in [2.05, 4.69) is 20.9 Å². The molecule has 5 heteroatoms. The zero-order valence-corrected chi connectivity index (χ0v) is 11.9. The quantitative estimate of drug-likeness (QED) is 0.790. The number of oxazole rings is 1. The lowest BCUT2D eigenvalue weighted by Crippen LogP contribution is -1.99. The molecule has 0 atom stereocenters. The summed E-state index contributed by atoms with van der Waals surface area (Å²) in [5.74, 6) is -0.332. The molecule has 0 amide bonds. The zero-order chi connectivity index (χ0) is 14.1. The van der Waals surface area contributed by atoms with Crippen molar-refractivity contribution in [2.45, 2.75) is 6.42 Å². The van der Waals surface area contributed by atoms with E-state index in [1.807, 2.05) is 24.3 Å². The Labute approximate surface area is 123 Å². The molecule has 3 rings (SSSR count). The third-order valence-electron chi connectivity index (χ3n) is 2.90. The Hall–Kier alpha value is -2.14. The first kappa shape index (κ1) is 12.9. The van der Waals surface area contributed by atoms with Gasteiger partial charge in [0.25, 0.3) is 0 Å². The second-order valence-corrected chi connectivity index (χ2v) is 5.31. The van der Waals surface area contributed by atoms with E-state index in [0.29, 0.717) is 22.6 Å². The highest BCUT2D eigenvalue weighted by molar-refractivity contribution is 9.10. The molecule has 1 N–H and O–H groups in total. The molecule has 0 fully saturated rings. The van der Waals surface area contributed by atoms with Crippen LogP contribution in [0.1, 0.15) is 5.56 Å². The molecule has 20 heavy (non-hydrogen) atoms. The van der Waals surface area contributed by atoms with Crippen molar-refractivity contribution in [1.29, 1.82) is 0 Å². The summed E-state index contributed by atoms with van der Waals surface area (Å²) in [6.07, 6.45) is -0.0174. The Bertz CT molecular complexity index is 777. The fourth-order valence-electron chi connectivity index (χ4n) is 1.97. The number of benzene rings is 2. The Morgan fingerprint density at radius 3 is 2.65 bits per heavy atom. The molecule has 1 heterocycles. The maximum Gasteiger partial charge on any atom is 0.307 e. The molecular formula is C15H10BrNO3. The van der Waals surface area contributed by atoms with Crippen LogP contribution in [0.2, 0.25) is 0 Å². The minimum atomic E-state index is -0.860. The molecule has 100 valence electrons. The van der Waals surface area contributed by atoms with Gasteiger partial charge in [0.2, 0.25) is 5.89 Å². The van der Waals surface area contributed by atoms with Crippen LogP contribution in [-0.4, -0.2) is 16.1 Å². The summed E-state index contributed by atoms with van der Waals surface area (Å²) in [5.41, 5.74) is 2.91. The van der Waals surface area contributed by atoms with Gasteiger partial charge in [-0.25, -0.2) is 4.98 Å². The van der Waals surface area contributed by atoms with Gasteiger partial charge in [0.05, 0.1) is 6.42 Å². The number of aromatic nitrogens is 1. The van der Waals surface area contributed by atoms with Crippen LogP contribution in [0.15, 0.2) is 51.4 Å². The maximum absolute atomic E-state index is 10.7. The molecule has 0 unspecified atom stereocenters. The molecule has 0 aliphatic rings. The highest BCUT2D eigenvalue weighted by Crippen LogP contribution is 2.26. The molecule has 0 radical (unpaired) electrons. The lowest BCUT2D eigenvalue weighted by molar-refractivity contribution is -0.136. The summed E-state index contributed by atoms with van der Waals surface area (Å²) in [5, 5.41) is 8.80. The van der Waals surface area contributed by atoms with E-state index in [-0.39, 0.29) is 6.42 Å². The molecule has 0 aliphatic heterocycles. The molecule has 3 aromatic rings. The molecule has 4 nitrogen and oxygen atoms in total. The number of carboxylic acids is 1. The van der Waals surface area contributed by atoms with Gasteiger partial charge in [-0.1, -0.05) is 22.0 Å². The van der Waals surface area contributed by atoms with Crippen molar-refractivity contribution in [3.63, 3.8) is 0 Å². The van der Waals surface area contributed by atoms with Gasteiger partial charge in [0.15, 0.2) is 5.58 Å². The van der Waals surface area contributed by atoms with E-state index in [9.17, 15) is 4.79 Å². The maximum atomic E-state index is 10.7. The van der Waals surface area contributed by atoms with Crippen LogP contribution >= 0.6 is 15.9 Å². The van der Waals surface area contributed by atoms with Crippen molar-refractivity contribution in [2.24, 2.45) is 0 Å². The van der Waals surface area contributed by atoms with Crippen LogP contribution in [0.3, 0.4) is 0 Å². The van der Waals surface area contributed by atoms with Crippen LogP contribution in [-0.2, 0) is 11.2 Å². The van der Waals surface area contributed by atoms with Crippen molar-refractivity contribution in [2.75, 3.05) is 0 Å². The summed E-state index contributed by atoms with van der Waals surface area (Å²) >= 11 is 3.38. The average Bonchev–Trinajstić information content (AvgIpc) is 2.81. The fourth-order valence-corrected chi connectivity index (χ4v) is 2.24. The molecule has 0 aliphatic carbocycles. The second-order valence-electron chi connectivity index (χ2n) is 4.40. The number of nitrogens with zero attached hydrogens (tertiary/aromatic N) is 1. The van der Waals surface area contributed by atoms with Crippen LogP contribution in [0.25, 0.3) is 22.6 Å². The van der Waals surface area contributed by atoms with E-state index >= 15 is 0 Å². The topological polar surface area (TPSA) is 63.3 Å². The van der Waals surface area contributed by atoms with Gasteiger partial charge < -0.3 is 9.52 Å². The van der Waals surface area contributed by atoms with E-state index < -0.39 is 5.97 Å². The molecule has 0 spiro atoms. The number of fused-ring (bicyclic) bond motifs is 1. The lowest BCUT2D eigenvalue weighted by Gasteiger charge is -1.94. The van der Waals surface area contributed by atoms with Crippen molar-refractivity contribution < 1.29 is 14.3 Å². The first-order valence-corrected chi connectivity index (χ1v) is 6.78. The molecular weight excluding hydrogens is 322 g/mol. The minimum absolute atomic E-state index is 0.0174. The Balaban J connectivity index is 2.01. The third kappa shape index (κ3) is 2.58. The smallest absolute Gasteiger partial charge is 0.307 e. The number of halogens is 1. The minimum Gasteiger partial charge on any atom is -0.481 e. The molecule has 0 bridgehead atoms. The summed E-state index contributed by atoms with van der Waals surface area (Å²) in [7, 11) is 0.